The quantitative estimate of drug-likeness (QED) is 0.168. The topological polar surface area (TPSA) is 16.4 Å². The Kier molecular flexibility index (Phi) is 7.89. The molecule has 12 rings (SSSR count). The Morgan fingerprint density at radius 3 is 1.48 bits per heavy atom. The Morgan fingerprint density at radius 1 is 0.283 bits per heavy atom. The molecule has 60 heavy (non-hydrogen) atoms. The van der Waals surface area contributed by atoms with Crippen molar-refractivity contribution in [3.8, 4) is 33.4 Å². The van der Waals surface area contributed by atoms with E-state index in [4.69, 9.17) is 4.42 Å². The lowest BCUT2D eigenvalue weighted by Gasteiger charge is -2.29. The van der Waals surface area contributed by atoms with Gasteiger partial charge in [0.2, 0.25) is 0 Å². The van der Waals surface area contributed by atoms with Crippen LogP contribution in [0.2, 0.25) is 0 Å². The van der Waals surface area contributed by atoms with Crippen molar-refractivity contribution in [2.75, 3.05) is 4.90 Å². The lowest BCUT2D eigenvalue weighted by atomic mass is 9.91. The summed E-state index contributed by atoms with van der Waals surface area (Å²) in [5.41, 5.74) is 12.3. The third-order valence-electron chi connectivity index (χ3n) is 12.2. The predicted molar refractivity (Wildman–Crippen MR) is 255 cm³/mol. The summed E-state index contributed by atoms with van der Waals surface area (Å²) in [6, 6.07) is 81.3. The highest BCUT2D eigenvalue weighted by atomic mass is 16.3. The molecule has 12 aromatic rings. The van der Waals surface area contributed by atoms with Gasteiger partial charge in [-0.2, -0.15) is 0 Å². The molecule has 2 nitrogen and oxygen atoms in total. The van der Waals surface area contributed by atoms with Gasteiger partial charge in [0.05, 0.1) is 11.4 Å². The summed E-state index contributed by atoms with van der Waals surface area (Å²) in [6.45, 7) is 0. The number of hydrogen-bond acceptors (Lipinski definition) is 2. The number of hydrogen-bond donors (Lipinski definition) is 0. The molecule has 0 atom stereocenters. The minimum atomic E-state index is 0.892. The molecule has 0 saturated carbocycles. The molecule has 0 unspecified atom stereocenters. The summed E-state index contributed by atoms with van der Waals surface area (Å²) in [6.07, 6.45) is 0. The van der Waals surface area contributed by atoms with Gasteiger partial charge < -0.3 is 9.32 Å². The first kappa shape index (κ1) is 34.1. The highest BCUT2D eigenvalue weighted by Crippen LogP contribution is 2.48. The van der Waals surface area contributed by atoms with E-state index in [0.29, 0.717) is 0 Å². The van der Waals surface area contributed by atoms with Crippen LogP contribution in [0.1, 0.15) is 0 Å². The van der Waals surface area contributed by atoms with Gasteiger partial charge in [-0.05, 0) is 108 Å². The van der Waals surface area contributed by atoms with Crippen molar-refractivity contribution >= 4 is 82.1 Å². The SMILES string of the molecule is c1ccc(-c2ccc(N(c3ccc(-c4cccc5ccccc45)c4ccccc34)c3ccc(-c4cccc5oc6cc7ccccc7cc6c45)c4ccccc34)cc2)cc1. The van der Waals surface area contributed by atoms with Gasteiger partial charge in [-0.15, -0.1) is 0 Å². The molecule has 0 aliphatic carbocycles. The molecule has 280 valence electrons. The molecule has 2 heteroatoms. The largest absolute Gasteiger partial charge is 0.456 e. The third kappa shape index (κ3) is 5.50. The number of furan rings is 1. The number of rotatable bonds is 6. The van der Waals surface area contributed by atoms with Gasteiger partial charge in [0.1, 0.15) is 11.2 Å². The van der Waals surface area contributed by atoms with Crippen LogP contribution in [0.3, 0.4) is 0 Å². The Labute approximate surface area is 347 Å². The minimum Gasteiger partial charge on any atom is -0.456 e. The Hall–Kier alpha value is -7.94. The Balaban J connectivity index is 1.09. The minimum absolute atomic E-state index is 0.892. The summed E-state index contributed by atoms with van der Waals surface area (Å²) in [5.74, 6) is 0. The standard InChI is InChI=1S/C58H37NO/c1-2-14-38(15-3-1)39-28-30-43(31-29-39)59(54-34-32-48(46-21-8-10-23-50(46)54)45-25-12-19-40-16-6-7-20-44(40)45)55-35-33-49(47-22-9-11-24-51(47)55)52-26-13-27-56-58(52)53-36-41-17-4-5-18-42(41)37-57(53)60-56/h1-37H. The average molecular weight is 764 g/mol. The van der Waals surface area contributed by atoms with Crippen LogP contribution in [-0.4, -0.2) is 0 Å². The fraction of sp³-hybridized carbons (Fsp3) is 0. The maximum absolute atomic E-state index is 6.55. The van der Waals surface area contributed by atoms with Crippen LogP contribution in [0.4, 0.5) is 17.1 Å². The highest BCUT2D eigenvalue weighted by molar-refractivity contribution is 6.19. The van der Waals surface area contributed by atoms with Crippen LogP contribution in [0, 0.1) is 0 Å². The van der Waals surface area contributed by atoms with E-state index < -0.39 is 0 Å². The first-order valence-corrected chi connectivity index (χ1v) is 20.6. The van der Waals surface area contributed by atoms with Crippen molar-refractivity contribution in [3.63, 3.8) is 0 Å². The molecule has 0 saturated heterocycles. The Morgan fingerprint density at radius 2 is 0.783 bits per heavy atom. The van der Waals surface area contributed by atoms with Crippen LogP contribution < -0.4 is 4.90 Å². The molecule has 0 aliphatic heterocycles. The fourth-order valence-electron chi connectivity index (χ4n) is 9.46. The van der Waals surface area contributed by atoms with E-state index >= 15 is 0 Å². The second-order valence-corrected chi connectivity index (χ2v) is 15.6. The van der Waals surface area contributed by atoms with E-state index in [1.807, 2.05) is 0 Å². The maximum atomic E-state index is 6.55. The molecule has 0 spiro atoms. The zero-order valence-electron chi connectivity index (χ0n) is 32.7. The van der Waals surface area contributed by atoms with Crippen LogP contribution in [0.25, 0.3) is 98.4 Å². The molecular formula is C58H37NO. The zero-order chi connectivity index (χ0) is 39.6. The summed E-state index contributed by atoms with van der Waals surface area (Å²) in [5, 5.41) is 11.9. The van der Waals surface area contributed by atoms with Crippen LogP contribution >= 0.6 is 0 Å². The molecule has 0 amide bonds. The number of benzene rings is 11. The summed E-state index contributed by atoms with van der Waals surface area (Å²) >= 11 is 0. The smallest absolute Gasteiger partial charge is 0.136 e. The van der Waals surface area contributed by atoms with E-state index in [9.17, 15) is 0 Å². The molecule has 0 fully saturated rings. The van der Waals surface area contributed by atoms with E-state index in [0.717, 1.165) is 44.6 Å². The number of anilines is 3. The van der Waals surface area contributed by atoms with Gasteiger partial charge in [-0.3, -0.25) is 0 Å². The van der Waals surface area contributed by atoms with E-state index in [-0.39, 0.29) is 0 Å². The molecule has 1 heterocycles. The average Bonchev–Trinajstić information content (AvgIpc) is 3.69. The normalized spacial score (nSPS) is 11.7. The van der Waals surface area contributed by atoms with Gasteiger partial charge in [0.25, 0.3) is 0 Å². The summed E-state index contributed by atoms with van der Waals surface area (Å²) < 4.78 is 6.55. The molecule has 0 N–H and O–H groups in total. The first-order chi connectivity index (χ1) is 29.8. The summed E-state index contributed by atoms with van der Waals surface area (Å²) in [7, 11) is 0. The van der Waals surface area contributed by atoms with Crippen LogP contribution in [-0.2, 0) is 0 Å². The lowest BCUT2D eigenvalue weighted by Crippen LogP contribution is -2.11. The third-order valence-corrected chi connectivity index (χ3v) is 12.2. The van der Waals surface area contributed by atoms with E-state index in [1.165, 1.54) is 70.9 Å². The van der Waals surface area contributed by atoms with Crippen molar-refractivity contribution in [1.29, 1.82) is 0 Å². The second kappa shape index (κ2) is 13.9. The Bertz CT molecular complexity index is 3590. The molecule has 0 aliphatic rings. The van der Waals surface area contributed by atoms with E-state index in [1.54, 1.807) is 0 Å². The van der Waals surface area contributed by atoms with Gasteiger partial charge in [-0.25, -0.2) is 0 Å². The lowest BCUT2D eigenvalue weighted by molar-refractivity contribution is 0.669. The van der Waals surface area contributed by atoms with Gasteiger partial charge in [0.15, 0.2) is 0 Å². The van der Waals surface area contributed by atoms with Crippen LogP contribution in [0.5, 0.6) is 0 Å². The maximum Gasteiger partial charge on any atom is 0.136 e. The van der Waals surface area contributed by atoms with Gasteiger partial charge >= 0.3 is 0 Å². The highest BCUT2D eigenvalue weighted by Gasteiger charge is 2.22. The van der Waals surface area contributed by atoms with Crippen LogP contribution in [0.15, 0.2) is 229 Å². The van der Waals surface area contributed by atoms with Crippen molar-refractivity contribution in [1.82, 2.24) is 0 Å². The molecule has 0 radical (unpaired) electrons. The zero-order valence-corrected chi connectivity index (χ0v) is 32.7. The first-order valence-electron chi connectivity index (χ1n) is 20.6. The molecular weight excluding hydrogens is 727 g/mol. The van der Waals surface area contributed by atoms with Crippen molar-refractivity contribution < 1.29 is 4.42 Å². The van der Waals surface area contributed by atoms with Crippen molar-refractivity contribution in [3.05, 3.63) is 224 Å². The second-order valence-electron chi connectivity index (χ2n) is 15.6. The van der Waals surface area contributed by atoms with Crippen molar-refractivity contribution in [2.24, 2.45) is 0 Å². The van der Waals surface area contributed by atoms with Crippen molar-refractivity contribution in [2.45, 2.75) is 0 Å². The molecule has 0 bridgehead atoms. The summed E-state index contributed by atoms with van der Waals surface area (Å²) in [4.78, 5) is 2.45. The van der Waals surface area contributed by atoms with E-state index in [2.05, 4.69) is 229 Å². The number of fused-ring (bicyclic) bond motifs is 7. The molecule has 1 aromatic heterocycles. The van der Waals surface area contributed by atoms with Gasteiger partial charge in [-0.1, -0.05) is 182 Å². The number of nitrogens with zero attached hydrogens (tertiary/aromatic N) is 1. The fourth-order valence-corrected chi connectivity index (χ4v) is 9.46. The predicted octanol–water partition coefficient (Wildman–Crippen LogP) is 16.7. The molecule has 11 aromatic carbocycles. The van der Waals surface area contributed by atoms with Gasteiger partial charge in [0, 0.05) is 27.2 Å². The monoisotopic (exact) mass is 763 g/mol.